The Labute approximate surface area is 192 Å². The topological polar surface area (TPSA) is 44.1 Å². The second kappa shape index (κ2) is 8.24. The van der Waals surface area contributed by atoms with Crippen LogP contribution in [0.25, 0.3) is 5.57 Å². The number of fused-ring (bicyclic) bond motifs is 1. The van der Waals surface area contributed by atoms with Gasteiger partial charge in [0, 0.05) is 35.3 Å². The van der Waals surface area contributed by atoms with Gasteiger partial charge in [0.2, 0.25) is 0 Å². The zero-order valence-electron chi connectivity index (χ0n) is 20.3. The van der Waals surface area contributed by atoms with E-state index in [0.29, 0.717) is 5.56 Å². The molecular formula is C29H34N2O. The number of benzene rings is 2. The van der Waals surface area contributed by atoms with Crippen LogP contribution in [0.2, 0.25) is 0 Å². The van der Waals surface area contributed by atoms with Gasteiger partial charge in [-0.25, -0.2) is 0 Å². The van der Waals surface area contributed by atoms with Crippen molar-refractivity contribution in [1.82, 2.24) is 0 Å². The van der Waals surface area contributed by atoms with Gasteiger partial charge in [0.1, 0.15) is 0 Å². The third-order valence-corrected chi connectivity index (χ3v) is 7.81. The van der Waals surface area contributed by atoms with E-state index in [0.717, 1.165) is 58.8 Å². The number of allylic oxidation sites excluding steroid dienone is 2. The monoisotopic (exact) mass is 426 g/mol. The Morgan fingerprint density at radius 3 is 2.38 bits per heavy atom. The van der Waals surface area contributed by atoms with E-state index in [2.05, 4.69) is 57.7 Å². The number of nitriles is 1. The fourth-order valence-corrected chi connectivity index (χ4v) is 5.32. The fraction of sp³-hybridized carbons (Fsp3) is 0.448. The van der Waals surface area contributed by atoms with Gasteiger partial charge < -0.3 is 4.90 Å². The van der Waals surface area contributed by atoms with Gasteiger partial charge in [-0.1, -0.05) is 39.3 Å². The van der Waals surface area contributed by atoms with Crippen molar-refractivity contribution in [2.24, 2.45) is 5.92 Å². The van der Waals surface area contributed by atoms with E-state index in [1.807, 2.05) is 25.1 Å². The first-order valence-corrected chi connectivity index (χ1v) is 11.9. The number of aryl methyl sites for hydroxylation is 2. The van der Waals surface area contributed by atoms with Crippen molar-refractivity contribution in [2.75, 3.05) is 18.0 Å². The third kappa shape index (κ3) is 3.56. The Bertz CT molecular complexity index is 1150. The molecule has 0 N–H and O–H groups in total. The summed E-state index contributed by atoms with van der Waals surface area (Å²) in [5.41, 5.74) is 8.74. The second-order valence-corrected chi connectivity index (χ2v) is 10.1. The van der Waals surface area contributed by atoms with Crippen LogP contribution < -0.4 is 4.90 Å². The molecule has 1 heterocycles. The van der Waals surface area contributed by atoms with Gasteiger partial charge in [0.15, 0.2) is 5.78 Å². The van der Waals surface area contributed by atoms with Crippen molar-refractivity contribution in [1.29, 1.82) is 5.26 Å². The first-order valence-electron chi connectivity index (χ1n) is 11.9. The lowest BCUT2D eigenvalue weighted by molar-refractivity contribution is 0.105. The van der Waals surface area contributed by atoms with Crippen molar-refractivity contribution in [2.45, 2.75) is 66.2 Å². The molecule has 0 spiro atoms. The quantitative estimate of drug-likeness (QED) is 0.554. The smallest absolute Gasteiger partial charge is 0.193 e. The molecule has 0 aromatic heterocycles. The van der Waals surface area contributed by atoms with Gasteiger partial charge in [-0.05, 0) is 85.5 Å². The minimum absolute atomic E-state index is 0.109. The highest BCUT2D eigenvalue weighted by Crippen LogP contribution is 2.46. The molecule has 0 amide bonds. The van der Waals surface area contributed by atoms with Crippen LogP contribution in [-0.4, -0.2) is 18.9 Å². The van der Waals surface area contributed by atoms with Gasteiger partial charge in [0.05, 0.1) is 11.6 Å². The normalized spacial score (nSPS) is 18.5. The molecule has 0 unspecified atom stereocenters. The van der Waals surface area contributed by atoms with E-state index in [1.165, 1.54) is 24.1 Å². The van der Waals surface area contributed by atoms with Crippen LogP contribution in [0.4, 0.5) is 5.69 Å². The summed E-state index contributed by atoms with van der Waals surface area (Å²) in [6.45, 7) is 15.3. The predicted molar refractivity (Wildman–Crippen MR) is 132 cm³/mol. The summed E-state index contributed by atoms with van der Waals surface area (Å²) in [6.07, 6.45) is 3.36. The Kier molecular flexibility index (Phi) is 5.76. The van der Waals surface area contributed by atoms with Crippen LogP contribution in [-0.2, 0) is 11.8 Å². The molecule has 166 valence electrons. The van der Waals surface area contributed by atoms with Gasteiger partial charge in [-0.2, -0.15) is 5.26 Å². The SMILES string of the molecule is CCc1cc2c(cc1N1CCC(C)CC1)C(C)(C)C(C)=C(c1ccc(C#N)cc1C)C2=O. The van der Waals surface area contributed by atoms with Gasteiger partial charge in [-0.3, -0.25) is 4.79 Å². The number of ketones is 1. The number of rotatable bonds is 3. The number of hydrogen-bond acceptors (Lipinski definition) is 3. The lowest BCUT2D eigenvalue weighted by Gasteiger charge is -2.39. The lowest BCUT2D eigenvalue weighted by Crippen LogP contribution is -2.35. The van der Waals surface area contributed by atoms with Crippen LogP contribution in [0, 0.1) is 24.2 Å². The summed E-state index contributed by atoms with van der Waals surface area (Å²) in [5.74, 6) is 0.897. The molecule has 0 bridgehead atoms. The summed E-state index contributed by atoms with van der Waals surface area (Å²) in [7, 11) is 0. The van der Waals surface area contributed by atoms with E-state index in [1.54, 1.807) is 0 Å². The number of anilines is 1. The highest BCUT2D eigenvalue weighted by molar-refractivity contribution is 6.32. The first kappa shape index (κ1) is 22.3. The van der Waals surface area contributed by atoms with Crippen molar-refractivity contribution >= 4 is 17.0 Å². The van der Waals surface area contributed by atoms with Crippen LogP contribution >= 0.6 is 0 Å². The summed E-state index contributed by atoms with van der Waals surface area (Å²) in [6, 6.07) is 12.3. The van der Waals surface area contributed by atoms with Gasteiger partial charge in [-0.15, -0.1) is 0 Å². The van der Waals surface area contributed by atoms with Crippen LogP contribution in [0.5, 0.6) is 0 Å². The van der Waals surface area contributed by atoms with E-state index in [9.17, 15) is 10.1 Å². The van der Waals surface area contributed by atoms with Crippen LogP contribution in [0.1, 0.15) is 85.6 Å². The van der Waals surface area contributed by atoms with Gasteiger partial charge in [0.25, 0.3) is 0 Å². The first-order chi connectivity index (χ1) is 15.2. The highest BCUT2D eigenvalue weighted by atomic mass is 16.1. The summed E-state index contributed by atoms with van der Waals surface area (Å²) >= 11 is 0. The maximum absolute atomic E-state index is 13.9. The Balaban J connectivity index is 1.86. The molecule has 1 aliphatic carbocycles. The maximum atomic E-state index is 13.9. The molecule has 2 aliphatic rings. The number of carbonyl (C=O) groups excluding carboxylic acids is 1. The molecule has 2 aromatic carbocycles. The molecule has 4 rings (SSSR count). The van der Waals surface area contributed by atoms with E-state index < -0.39 is 0 Å². The molecule has 1 fully saturated rings. The zero-order chi connectivity index (χ0) is 23.2. The molecule has 0 atom stereocenters. The lowest BCUT2D eigenvalue weighted by atomic mass is 9.66. The maximum Gasteiger partial charge on any atom is 0.193 e. The Morgan fingerprint density at radius 1 is 1.09 bits per heavy atom. The predicted octanol–water partition coefficient (Wildman–Crippen LogP) is 6.61. The number of piperidine rings is 1. The molecule has 3 heteroatoms. The molecule has 0 saturated carbocycles. The third-order valence-electron chi connectivity index (χ3n) is 7.81. The van der Waals surface area contributed by atoms with Crippen molar-refractivity contribution in [3.8, 4) is 6.07 Å². The average molecular weight is 427 g/mol. The average Bonchev–Trinajstić information content (AvgIpc) is 2.78. The molecule has 1 aliphatic heterocycles. The number of nitrogens with zero attached hydrogens (tertiary/aromatic N) is 2. The van der Waals surface area contributed by atoms with Crippen molar-refractivity contribution in [3.63, 3.8) is 0 Å². The molecule has 32 heavy (non-hydrogen) atoms. The standard InChI is InChI=1S/C29H34N2O/c1-7-22-15-24-25(16-26(22)31-12-10-18(2)11-13-31)29(5,6)20(4)27(28(24)32)23-9-8-21(17-30)14-19(23)3/h8-9,14-16,18H,7,10-13H2,1-6H3. The molecule has 0 radical (unpaired) electrons. The van der Waals surface area contributed by atoms with Gasteiger partial charge >= 0.3 is 0 Å². The van der Waals surface area contributed by atoms with E-state index >= 15 is 0 Å². The molecule has 3 nitrogen and oxygen atoms in total. The Morgan fingerprint density at radius 2 is 1.78 bits per heavy atom. The Hall–Kier alpha value is -2.86. The zero-order valence-corrected chi connectivity index (χ0v) is 20.3. The molecule has 1 saturated heterocycles. The summed E-state index contributed by atoms with van der Waals surface area (Å²) in [5, 5.41) is 9.25. The van der Waals surface area contributed by atoms with E-state index in [-0.39, 0.29) is 11.2 Å². The summed E-state index contributed by atoms with van der Waals surface area (Å²) < 4.78 is 0. The van der Waals surface area contributed by atoms with Crippen molar-refractivity contribution < 1.29 is 4.79 Å². The molecule has 2 aromatic rings. The largest absolute Gasteiger partial charge is 0.371 e. The fourth-order valence-electron chi connectivity index (χ4n) is 5.32. The van der Waals surface area contributed by atoms with Crippen molar-refractivity contribution in [3.05, 3.63) is 69.3 Å². The van der Waals surface area contributed by atoms with E-state index in [4.69, 9.17) is 0 Å². The van der Waals surface area contributed by atoms with Crippen LogP contribution in [0.15, 0.2) is 35.9 Å². The molecular weight excluding hydrogens is 392 g/mol. The number of hydrogen-bond donors (Lipinski definition) is 0. The number of Topliss-reactive ketones (excluding diaryl/α,β-unsaturated/α-hetero) is 1. The van der Waals surface area contributed by atoms with Crippen LogP contribution in [0.3, 0.4) is 0 Å². The minimum atomic E-state index is -0.247. The highest BCUT2D eigenvalue weighted by Gasteiger charge is 2.38. The summed E-state index contributed by atoms with van der Waals surface area (Å²) in [4.78, 5) is 16.4. The number of carbonyl (C=O) groups is 1. The second-order valence-electron chi connectivity index (χ2n) is 10.1. The minimum Gasteiger partial charge on any atom is -0.371 e.